The molecule has 0 unspecified atom stereocenters. The van der Waals surface area contributed by atoms with Crippen LogP contribution in [0, 0.1) is 6.92 Å². The van der Waals surface area contributed by atoms with Crippen molar-refractivity contribution in [3.8, 4) is 0 Å². The molecule has 0 amide bonds. The van der Waals surface area contributed by atoms with Gasteiger partial charge in [-0.3, -0.25) is 0 Å². The maximum Gasteiger partial charge on any atom is 0.335 e. The molecule has 0 bridgehead atoms. The fourth-order valence-electron chi connectivity index (χ4n) is 1.70. The zero-order valence-corrected chi connectivity index (χ0v) is 9.42. The molecule has 0 saturated heterocycles. The molecule has 0 fully saturated rings. The lowest BCUT2D eigenvalue weighted by Crippen LogP contribution is -2.02. The molecule has 0 saturated carbocycles. The van der Waals surface area contributed by atoms with Gasteiger partial charge in [0.05, 0.1) is 5.56 Å². The van der Waals surface area contributed by atoms with E-state index in [1.54, 1.807) is 6.07 Å². The summed E-state index contributed by atoms with van der Waals surface area (Å²) in [7, 11) is 0. The standard InChI is InChI=1S/C13H18O2/c1-3-4-5-6-11-9-10(2)7-8-12(11)13(14)15/h7-9H,3-6H2,1-2H3,(H,14,15). The maximum atomic E-state index is 11.0. The molecular weight excluding hydrogens is 188 g/mol. The first-order valence-corrected chi connectivity index (χ1v) is 5.48. The third-order valence-electron chi connectivity index (χ3n) is 2.54. The first-order valence-electron chi connectivity index (χ1n) is 5.48. The molecule has 1 rings (SSSR count). The van der Waals surface area contributed by atoms with Crippen LogP contribution in [0.3, 0.4) is 0 Å². The molecule has 0 aliphatic carbocycles. The van der Waals surface area contributed by atoms with Crippen molar-refractivity contribution in [2.24, 2.45) is 0 Å². The van der Waals surface area contributed by atoms with Gasteiger partial charge in [-0.1, -0.05) is 37.5 Å². The predicted molar refractivity (Wildman–Crippen MR) is 61.4 cm³/mol. The van der Waals surface area contributed by atoms with Crippen molar-refractivity contribution in [3.63, 3.8) is 0 Å². The van der Waals surface area contributed by atoms with Crippen LogP contribution in [0.4, 0.5) is 0 Å². The molecule has 82 valence electrons. The van der Waals surface area contributed by atoms with Crippen LogP contribution in [-0.2, 0) is 6.42 Å². The van der Waals surface area contributed by atoms with Gasteiger partial charge in [-0.15, -0.1) is 0 Å². The molecule has 1 aromatic carbocycles. The van der Waals surface area contributed by atoms with E-state index in [1.165, 1.54) is 0 Å². The molecule has 0 spiro atoms. The Hall–Kier alpha value is -1.31. The summed E-state index contributed by atoms with van der Waals surface area (Å²) in [5.74, 6) is -0.818. The van der Waals surface area contributed by atoms with Gasteiger partial charge in [0.25, 0.3) is 0 Å². The van der Waals surface area contributed by atoms with Crippen LogP contribution in [0.15, 0.2) is 18.2 Å². The zero-order chi connectivity index (χ0) is 11.3. The van der Waals surface area contributed by atoms with Crippen molar-refractivity contribution in [1.82, 2.24) is 0 Å². The van der Waals surface area contributed by atoms with E-state index in [2.05, 4.69) is 6.92 Å². The topological polar surface area (TPSA) is 37.3 Å². The van der Waals surface area contributed by atoms with Gasteiger partial charge in [0.1, 0.15) is 0 Å². The number of aryl methyl sites for hydroxylation is 2. The van der Waals surface area contributed by atoms with Crippen molar-refractivity contribution in [2.75, 3.05) is 0 Å². The third kappa shape index (κ3) is 3.39. The minimum Gasteiger partial charge on any atom is -0.478 e. The number of carboxylic acid groups (broad SMARTS) is 1. The van der Waals surface area contributed by atoms with Gasteiger partial charge in [-0.25, -0.2) is 4.79 Å². The van der Waals surface area contributed by atoms with Gasteiger partial charge in [0, 0.05) is 0 Å². The van der Waals surface area contributed by atoms with Crippen LogP contribution >= 0.6 is 0 Å². The van der Waals surface area contributed by atoms with E-state index in [4.69, 9.17) is 5.11 Å². The Bertz CT molecular complexity index is 342. The lowest BCUT2D eigenvalue weighted by Gasteiger charge is -2.06. The van der Waals surface area contributed by atoms with Crippen molar-refractivity contribution >= 4 is 5.97 Å². The van der Waals surface area contributed by atoms with Gasteiger partial charge in [0.2, 0.25) is 0 Å². The number of unbranched alkanes of at least 4 members (excludes halogenated alkanes) is 2. The van der Waals surface area contributed by atoms with E-state index in [1.807, 2.05) is 19.1 Å². The van der Waals surface area contributed by atoms with Gasteiger partial charge >= 0.3 is 5.97 Å². The lowest BCUT2D eigenvalue weighted by atomic mass is 9.99. The molecule has 1 aromatic rings. The molecule has 0 aliphatic heterocycles. The predicted octanol–water partition coefficient (Wildman–Crippen LogP) is 3.43. The van der Waals surface area contributed by atoms with Gasteiger partial charge in [-0.2, -0.15) is 0 Å². The largest absolute Gasteiger partial charge is 0.478 e. The van der Waals surface area contributed by atoms with Crippen molar-refractivity contribution in [2.45, 2.75) is 39.5 Å². The molecule has 0 atom stereocenters. The molecule has 2 heteroatoms. The average Bonchev–Trinajstić information content (AvgIpc) is 2.18. The minimum absolute atomic E-state index is 0.455. The second kappa shape index (κ2) is 5.54. The third-order valence-corrected chi connectivity index (χ3v) is 2.54. The zero-order valence-electron chi connectivity index (χ0n) is 9.42. The molecule has 15 heavy (non-hydrogen) atoms. The number of carbonyl (C=O) groups is 1. The summed E-state index contributed by atoms with van der Waals surface area (Å²) in [6.45, 7) is 4.14. The fourth-order valence-corrected chi connectivity index (χ4v) is 1.70. The summed E-state index contributed by atoms with van der Waals surface area (Å²) in [4.78, 5) is 11.0. The monoisotopic (exact) mass is 206 g/mol. The van der Waals surface area contributed by atoms with Crippen molar-refractivity contribution in [3.05, 3.63) is 34.9 Å². The highest BCUT2D eigenvalue weighted by atomic mass is 16.4. The minimum atomic E-state index is -0.818. The summed E-state index contributed by atoms with van der Waals surface area (Å²) in [6, 6.07) is 5.55. The second-order valence-electron chi connectivity index (χ2n) is 3.92. The number of aromatic carboxylic acids is 1. The molecule has 0 aromatic heterocycles. The van der Waals surface area contributed by atoms with Gasteiger partial charge < -0.3 is 5.11 Å². The highest BCUT2D eigenvalue weighted by Gasteiger charge is 2.09. The first kappa shape index (κ1) is 11.8. The lowest BCUT2D eigenvalue weighted by molar-refractivity contribution is 0.0695. The van der Waals surface area contributed by atoms with E-state index in [0.717, 1.165) is 36.8 Å². The van der Waals surface area contributed by atoms with E-state index < -0.39 is 5.97 Å². The van der Waals surface area contributed by atoms with Crippen LogP contribution in [0.25, 0.3) is 0 Å². The number of rotatable bonds is 5. The maximum absolute atomic E-state index is 11.0. The van der Waals surface area contributed by atoms with Crippen LogP contribution in [0.2, 0.25) is 0 Å². The van der Waals surface area contributed by atoms with Crippen LogP contribution < -0.4 is 0 Å². The Morgan fingerprint density at radius 2 is 2.07 bits per heavy atom. The molecular formula is C13H18O2. The van der Waals surface area contributed by atoms with E-state index in [0.29, 0.717) is 5.56 Å². The normalized spacial score (nSPS) is 10.3. The number of benzene rings is 1. The van der Waals surface area contributed by atoms with Gasteiger partial charge in [-0.05, 0) is 31.4 Å². The Kier molecular flexibility index (Phi) is 4.35. The Morgan fingerprint density at radius 3 is 2.67 bits per heavy atom. The van der Waals surface area contributed by atoms with E-state index >= 15 is 0 Å². The van der Waals surface area contributed by atoms with E-state index in [-0.39, 0.29) is 0 Å². The first-order chi connectivity index (χ1) is 7.15. The smallest absolute Gasteiger partial charge is 0.335 e. The summed E-state index contributed by atoms with van der Waals surface area (Å²) in [6.07, 6.45) is 4.26. The van der Waals surface area contributed by atoms with Crippen molar-refractivity contribution < 1.29 is 9.90 Å². The number of carboxylic acids is 1. The Morgan fingerprint density at radius 1 is 1.33 bits per heavy atom. The highest BCUT2D eigenvalue weighted by Crippen LogP contribution is 2.15. The molecule has 2 nitrogen and oxygen atoms in total. The number of hydrogen-bond acceptors (Lipinski definition) is 1. The molecule has 0 aliphatic rings. The molecule has 0 heterocycles. The van der Waals surface area contributed by atoms with Gasteiger partial charge in [0.15, 0.2) is 0 Å². The fraction of sp³-hybridized carbons (Fsp3) is 0.462. The summed E-state index contributed by atoms with van der Waals surface area (Å²) < 4.78 is 0. The second-order valence-corrected chi connectivity index (χ2v) is 3.92. The van der Waals surface area contributed by atoms with Crippen LogP contribution in [0.1, 0.15) is 47.7 Å². The van der Waals surface area contributed by atoms with E-state index in [9.17, 15) is 4.79 Å². The molecule has 0 radical (unpaired) electrons. The highest BCUT2D eigenvalue weighted by molar-refractivity contribution is 5.89. The SMILES string of the molecule is CCCCCc1cc(C)ccc1C(=O)O. The average molecular weight is 206 g/mol. The Balaban J connectivity index is 2.82. The summed E-state index contributed by atoms with van der Waals surface area (Å²) >= 11 is 0. The summed E-state index contributed by atoms with van der Waals surface area (Å²) in [5.41, 5.74) is 2.55. The molecule has 1 N–H and O–H groups in total. The van der Waals surface area contributed by atoms with Crippen molar-refractivity contribution in [1.29, 1.82) is 0 Å². The quantitative estimate of drug-likeness (QED) is 0.749. The summed E-state index contributed by atoms with van der Waals surface area (Å²) in [5, 5.41) is 9.01. The van der Waals surface area contributed by atoms with Crippen LogP contribution in [-0.4, -0.2) is 11.1 Å². The number of hydrogen-bond donors (Lipinski definition) is 1. The van der Waals surface area contributed by atoms with Crippen LogP contribution in [0.5, 0.6) is 0 Å². The Labute approximate surface area is 90.9 Å².